The van der Waals surface area contributed by atoms with Gasteiger partial charge in [-0.2, -0.15) is 0 Å². The molecule has 0 saturated heterocycles. The third kappa shape index (κ3) is 0.868. The fourth-order valence-corrected chi connectivity index (χ4v) is 3.46. The van der Waals surface area contributed by atoms with Gasteiger partial charge in [0, 0.05) is 6.04 Å². The van der Waals surface area contributed by atoms with Crippen LogP contribution in [0.5, 0.6) is 0 Å². The van der Waals surface area contributed by atoms with E-state index < -0.39 is 0 Å². The van der Waals surface area contributed by atoms with Crippen LogP contribution < -0.4 is 5.32 Å². The molecule has 2 saturated carbocycles. The Morgan fingerprint density at radius 3 is 2.36 bits per heavy atom. The van der Waals surface area contributed by atoms with Crippen LogP contribution in [0, 0.1) is 17.3 Å². The highest BCUT2D eigenvalue weighted by atomic mass is 14.9. The third-order valence-electron chi connectivity index (χ3n) is 4.11. The van der Waals surface area contributed by atoms with Crippen LogP contribution in [0.3, 0.4) is 0 Å². The Bertz CT molecular complexity index is 162. The van der Waals surface area contributed by atoms with E-state index in [2.05, 4.69) is 26.2 Å². The van der Waals surface area contributed by atoms with Gasteiger partial charge in [-0.25, -0.2) is 0 Å². The second-order valence-corrected chi connectivity index (χ2v) is 4.86. The molecule has 1 heteroatoms. The van der Waals surface area contributed by atoms with Gasteiger partial charge < -0.3 is 5.32 Å². The molecule has 1 nitrogen and oxygen atoms in total. The van der Waals surface area contributed by atoms with Gasteiger partial charge in [0.1, 0.15) is 0 Å². The smallest absolute Gasteiger partial charge is 0.0146 e. The molecule has 1 N–H and O–H groups in total. The van der Waals surface area contributed by atoms with Crippen LogP contribution in [0.4, 0.5) is 0 Å². The first kappa shape index (κ1) is 7.60. The van der Waals surface area contributed by atoms with Crippen molar-refractivity contribution in [2.24, 2.45) is 17.3 Å². The fraction of sp³-hybridized carbons (Fsp3) is 1.00. The summed E-state index contributed by atoms with van der Waals surface area (Å²) < 4.78 is 0. The summed E-state index contributed by atoms with van der Waals surface area (Å²) >= 11 is 0. The van der Waals surface area contributed by atoms with Crippen LogP contribution in [-0.4, -0.2) is 13.1 Å². The lowest BCUT2D eigenvalue weighted by molar-refractivity contribution is 0.158. The van der Waals surface area contributed by atoms with Gasteiger partial charge in [-0.3, -0.25) is 0 Å². The van der Waals surface area contributed by atoms with Gasteiger partial charge in [0.15, 0.2) is 0 Å². The van der Waals surface area contributed by atoms with Gasteiger partial charge in [-0.1, -0.05) is 13.8 Å². The lowest BCUT2D eigenvalue weighted by Gasteiger charge is -2.38. The molecule has 0 heterocycles. The molecule has 0 aromatic heterocycles. The van der Waals surface area contributed by atoms with E-state index in [1.807, 2.05) is 0 Å². The van der Waals surface area contributed by atoms with E-state index in [4.69, 9.17) is 0 Å². The molecule has 0 spiro atoms. The first-order chi connectivity index (χ1) is 5.16. The van der Waals surface area contributed by atoms with Crippen LogP contribution in [0.25, 0.3) is 0 Å². The molecule has 2 aliphatic rings. The summed E-state index contributed by atoms with van der Waals surface area (Å²) in [5.41, 5.74) is 0.567. The number of hydrogen-bond acceptors (Lipinski definition) is 1. The minimum absolute atomic E-state index is 0.567. The largest absolute Gasteiger partial charge is 0.316 e. The monoisotopic (exact) mass is 153 g/mol. The second-order valence-electron chi connectivity index (χ2n) is 4.86. The molecule has 64 valence electrons. The van der Waals surface area contributed by atoms with Gasteiger partial charge in [0.25, 0.3) is 0 Å². The number of nitrogens with one attached hydrogen (secondary N) is 1. The fourth-order valence-electron chi connectivity index (χ4n) is 3.46. The van der Waals surface area contributed by atoms with Gasteiger partial charge in [-0.05, 0) is 43.6 Å². The summed E-state index contributed by atoms with van der Waals surface area (Å²) in [5.74, 6) is 1.99. The molecule has 0 aliphatic heterocycles. The number of fused-ring (bicyclic) bond motifs is 2. The summed E-state index contributed by atoms with van der Waals surface area (Å²) in [6, 6.07) is 0.793. The van der Waals surface area contributed by atoms with E-state index >= 15 is 0 Å². The summed E-state index contributed by atoms with van der Waals surface area (Å²) in [7, 11) is 2.12. The first-order valence-corrected chi connectivity index (χ1v) is 4.83. The van der Waals surface area contributed by atoms with E-state index in [1.165, 1.54) is 19.3 Å². The molecular formula is C10H19N. The Morgan fingerprint density at radius 1 is 1.27 bits per heavy atom. The lowest BCUT2D eigenvalue weighted by Crippen LogP contribution is -2.44. The van der Waals surface area contributed by atoms with Crippen LogP contribution in [0.2, 0.25) is 0 Å². The Hall–Kier alpha value is -0.0400. The van der Waals surface area contributed by atoms with Crippen molar-refractivity contribution in [3.63, 3.8) is 0 Å². The topological polar surface area (TPSA) is 12.0 Å². The average Bonchev–Trinajstić information content (AvgIpc) is 2.44. The standard InChI is InChI=1S/C10H19N/c1-10(2)8-5-4-7(6-8)9(10)11-3/h7-9,11H,4-6H2,1-3H3/t7-,8-,9+/m0/s1. The SMILES string of the molecule is CN[C@@H]1[C@H]2CC[C@@H](C2)C1(C)C. The Balaban J connectivity index is 2.21. The number of hydrogen-bond donors (Lipinski definition) is 1. The lowest BCUT2D eigenvalue weighted by atomic mass is 9.73. The van der Waals surface area contributed by atoms with E-state index in [0.717, 1.165) is 17.9 Å². The van der Waals surface area contributed by atoms with Crippen LogP contribution >= 0.6 is 0 Å². The van der Waals surface area contributed by atoms with E-state index in [1.54, 1.807) is 0 Å². The van der Waals surface area contributed by atoms with Crippen molar-refractivity contribution in [3.05, 3.63) is 0 Å². The molecule has 11 heavy (non-hydrogen) atoms. The van der Waals surface area contributed by atoms with Crippen LogP contribution in [0.15, 0.2) is 0 Å². The van der Waals surface area contributed by atoms with Crippen molar-refractivity contribution in [1.29, 1.82) is 0 Å². The van der Waals surface area contributed by atoms with Crippen LogP contribution in [-0.2, 0) is 0 Å². The molecule has 0 unspecified atom stereocenters. The summed E-state index contributed by atoms with van der Waals surface area (Å²) in [6.07, 6.45) is 4.44. The third-order valence-corrected chi connectivity index (χ3v) is 4.11. The normalized spacial score (nSPS) is 46.6. The quantitative estimate of drug-likeness (QED) is 0.608. The maximum atomic E-state index is 3.49. The zero-order valence-electron chi connectivity index (χ0n) is 7.85. The second kappa shape index (κ2) is 2.22. The maximum absolute atomic E-state index is 3.49. The highest BCUT2D eigenvalue weighted by Crippen LogP contribution is 2.55. The van der Waals surface area contributed by atoms with Crippen molar-refractivity contribution >= 4 is 0 Å². The van der Waals surface area contributed by atoms with Crippen molar-refractivity contribution in [2.45, 2.75) is 39.2 Å². The van der Waals surface area contributed by atoms with Gasteiger partial charge in [-0.15, -0.1) is 0 Å². The average molecular weight is 153 g/mol. The molecule has 2 aliphatic carbocycles. The van der Waals surface area contributed by atoms with Crippen molar-refractivity contribution in [2.75, 3.05) is 7.05 Å². The number of rotatable bonds is 1. The molecule has 2 fully saturated rings. The molecule has 0 aromatic rings. The minimum atomic E-state index is 0.567. The summed E-state index contributed by atoms with van der Waals surface area (Å²) in [5, 5.41) is 3.49. The van der Waals surface area contributed by atoms with Crippen LogP contribution in [0.1, 0.15) is 33.1 Å². The molecule has 3 atom stereocenters. The molecular weight excluding hydrogens is 134 g/mol. The summed E-state index contributed by atoms with van der Waals surface area (Å²) in [4.78, 5) is 0. The zero-order valence-corrected chi connectivity index (χ0v) is 7.85. The predicted octanol–water partition coefficient (Wildman–Crippen LogP) is 2.03. The first-order valence-electron chi connectivity index (χ1n) is 4.83. The van der Waals surface area contributed by atoms with Crippen molar-refractivity contribution < 1.29 is 0 Å². The Labute approximate surface area is 69.6 Å². The van der Waals surface area contributed by atoms with E-state index in [-0.39, 0.29) is 0 Å². The van der Waals surface area contributed by atoms with Crippen molar-refractivity contribution in [1.82, 2.24) is 5.32 Å². The molecule has 2 bridgehead atoms. The van der Waals surface area contributed by atoms with E-state index in [0.29, 0.717) is 5.41 Å². The van der Waals surface area contributed by atoms with Gasteiger partial charge in [0.05, 0.1) is 0 Å². The highest BCUT2D eigenvalue weighted by Gasteiger charge is 2.51. The molecule has 0 aromatic carbocycles. The van der Waals surface area contributed by atoms with Crippen molar-refractivity contribution in [3.8, 4) is 0 Å². The molecule has 0 radical (unpaired) electrons. The van der Waals surface area contributed by atoms with E-state index in [9.17, 15) is 0 Å². The Kier molecular flexibility index (Phi) is 1.54. The molecule has 0 amide bonds. The highest BCUT2D eigenvalue weighted by molar-refractivity contribution is 5.05. The summed E-state index contributed by atoms with van der Waals surface area (Å²) in [6.45, 7) is 4.86. The maximum Gasteiger partial charge on any atom is 0.0146 e. The van der Waals surface area contributed by atoms with Gasteiger partial charge >= 0.3 is 0 Å². The Morgan fingerprint density at radius 2 is 2.00 bits per heavy atom. The minimum Gasteiger partial charge on any atom is -0.316 e. The predicted molar refractivity (Wildman–Crippen MR) is 47.5 cm³/mol. The van der Waals surface area contributed by atoms with Gasteiger partial charge in [0.2, 0.25) is 0 Å². The molecule has 2 rings (SSSR count). The zero-order chi connectivity index (χ0) is 8.06.